The van der Waals surface area contributed by atoms with Gasteiger partial charge in [-0.1, -0.05) is 24.3 Å². The van der Waals surface area contributed by atoms with E-state index in [2.05, 4.69) is 5.32 Å². The van der Waals surface area contributed by atoms with E-state index in [4.69, 9.17) is 0 Å². The van der Waals surface area contributed by atoms with E-state index >= 15 is 0 Å². The van der Waals surface area contributed by atoms with Gasteiger partial charge in [0.2, 0.25) is 0 Å². The highest BCUT2D eigenvalue weighted by Crippen LogP contribution is 2.22. The lowest BCUT2D eigenvalue weighted by atomic mass is 9.92. The Morgan fingerprint density at radius 3 is 2.94 bits per heavy atom. The van der Waals surface area contributed by atoms with Crippen LogP contribution in [0.5, 0.6) is 0 Å². The van der Waals surface area contributed by atoms with Crippen molar-refractivity contribution in [3.8, 4) is 0 Å². The van der Waals surface area contributed by atoms with Crippen LogP contribution in [0.15, 0.2) is 24.3 Å². The summed E-state index contributed by atoms with van der Waals surface area (Å²) < 4.78 is 25.0. The summed E-state index contributed by atoms with van der Waals surface area (Å²) in [5.74, 6) is 0.599. The third-order valence-electron chi connectivity index (χ3n) is 3.13. The Kier molecular flexibility index (Phi) is 3.88. The van der Waals surface area contributed by atoms with E-state index in [1.165, 1.54) is 18.9 Å². The second kappa shape index (κ2) is 5.39. The third-order valence-corrected chi connectivity index (χ3v) is 3.13. The first kappa shape index (κ1) is 11.5. The number of hydrogen-bond donors (Lipinski definition) is 1. The van der Waals surface area contributed by atoms with Crippen molar-refractivity contribution in [3.63, 3.8) is 0 Å². The topological polar surface area (TPSA) is 12.0 Å². The molecule has 0 bridgehead atoms. The van der Waals surface area contributed by atoms with Gasteiger partial charge in [-0.2, -0.15) is 0 Å². The average molecular weight is 225 g/mol. The van der Waals surface area contributed by atoms with Crippen LogP contribution in [0.3, 0.4) is 0 Å². The first-order chi connectivity index (χ1) is 7.75. The maximum atomic E-state index is 12.5. The zero-order valence-corrected chi connectivity index (χ0v) is 9.26. The van der Waals surface area contributed by atoms with Gasteiger partial charge in [-0.15, -0.1) is 0 Å². The molecule has 1 unspecified atom stereocenters. The number of halogens is 2. The van der Waals surface area contributed by atoms with E-state index in [9.17, 15) is 8.78 Å². The molecule has 1 atom stereocenters. The van der Waals surface area contributed by atoms with Gasteiger partial charge in [0, 0.05) is 5.56 Å². The van der Waals surface area contributed by atoms with Gasteiger partial charge in [-0.05, 0) is 43.8 Å². The zero-order chi connectivity index (χ0) is 11.4. The van der Waals surface area contributed by atoms with Crippen LogP contribution in [0.1, 0.15) is 30.4 Å². The minimum atomic E-state index is -2.36. The standard InChI is InChI=1S/C13H17F2N/c14-13(15)12-5-1-3-10(8-12)7-11-4-2-6-16-9-11/h1,3,5,8,11,13,16H,2,4,6-7,9H2. The molecule has 0 radical (unpaired) electrons. The maximum absolute atomic E-state index is 12.5. The van der Waals surface area contributed by atoms with Crippen molar-refractivity contribution in [2.24, 2.45) is 5.92 Å². The van der Waals surface area contributed by atoms with Crippen molar-refractivity contribution < 1.29 is 8.78 Å². The highest BCUT2D eigenvalue weighted by Gasteiger charge is 2.14. The van der Waals surface area contributed by atoms with E-state index in [0.717, 1.165) is 25.1 Å². The zero-order valence-electron chi connectivity index (χ0n) is 9.26. The van der Waals surface area contributed by atoms with Gasteiger partial charge in [0.15, 0.2) is 0 Å². The van der Waals surface area contributed by atoms with Crippen LogP contribution in [0, 0.1) is 5.92 Å². The number of rotatable bonds is 3. The normalized spacial score (nSPS) is 21.3. The summed E-state index contributed by atoms with van der Waals surface area (Å²) in [4.78, 5) is 0. The highest BCUT2D eigenvalue weighted by atomic mass is 19.3. The molecular formula is C13H17F2N. The smallest absolute Gasteiger partial charge is 0.263 e. The molecule has 1 fully saturated rings. The summed E-state index contributed by atoms with van der Waals surface area (Å²) in [5.41, 5.74) is 1.17. The molecule has 1 aromatic rings. The Hall–Kier alpha value is -0.960. The van der Waals surface area contributed by atoms with Crippen molar-refractivity contribution in [3.05, 3.63) is 35.4 Å². The van der Waals surface area contributed by atoms with Crippen molar-refractivity contribution in [2.45, 2.75) is 25.7 Å². The molecule has 1 heterocycles. The Bertz CT molecular complexity index is 332. The number of nitrogens with one attached hydrogen (secondary N) is 1. The van der Waals surface area contributed by atoms with E-state index in [1.807, 2.05) is 6.07 Å². The predicted octanol–water partition coefficient (Wildman–Crippen LogP) is 3.17. The lowest BCUT2D eigenvalue weighted by molar-refractivity contribution is 0.151. The fourth-order valence-electron chi connectivity index (χ4n) is 2.29. The molecule has 0 spiro atoms. The van der Waals surface area contributed by atoms with Crippen LogP contribution in [-0.4, -0.2) is 13.1 Å². The first-order valence-electron chi connectivity index (χ1n) is 5.83. The van der Waals surface area contributed by atoms with E-state index in [0.29, 0.717) is 5.92 Å². The molecule has 2 rings (SSSR count). The van der Waals surface area contributed by atoms with Crippen LogP contribution < -0.4 is 5.32 Å². The Labute approximate surface area is 94.9 Å². The average Bonchev–Trinajstić information content (AvgIpc) is 2.30. The van der Waals surface area contributed by atoms with E-state index < -0.39 is 6.43 Å². The summed E-state index contributed by atoms with van der Waals surface area (Å²) in [5, 5.41) is 3.34. The molecule has 88 valence electrons. The molecule has 0 aromatic heterocycles. The van der Waals surface area contributed by atoms with Gasteiger partial charge in [-0.25, -0.2) is 8.78 Å². The van der Waals surface area contributed by atoms with Crippen LogP contribution in [0.2, 0.25) is 0 Å². The molecule has 1 aliphatic heterocycles. The van der Waals surface area contributed by atoms with Crippen molar-refractivity contribution >= 4 is 0 Å². The lowest BCUT2D eigenvalue weighted by Crippen LogP contribution is -2.30. The van der Waals surface area contributed by atoms with Gasteiger partial charge < -0.3 is 5.32 Å². The lowest BCUT2D eigenvalue weighted by Gasteiger charge is -2.22. The number of hydrogen-bond acceptors (Lipinski definition) is 1. The Balaban J connectivity index is 2.00. The molecule has 0 aliphatic carbocycles. The summed E-state index contributed by atoms with van der Waals surface area (Å²) in [6.07, 6.45) is 0.947. The van der Waals surface area contributed by atoms with Crippen molar-refractivity contribution in [2.75, 3.05) is 13.1 Å². The van der Waals surface area contributed by atoms with Crippen molar-refractivity contribution in [1.29, 1.82) is 0 Å². The van der Waals surface area contributed by atoms with Crippen molar-refractivity contribution in [1.82, 2.24) is 5.32 Å². The van der Waals surface area contributed by atoms with Gasteiger partial charge in [-0.3, -0.25) is 0 Å². The number of alkyl halides is 2. The van der Waals surface area contributed by atoms with Gasteiger partial charge in [0.05, 0.1) is 0 Å². The fraction of sp³-hybridized carbons (Fsp3) is 0.538. The molecule has 0 saturated carbocycles. The SMILES string of the molecule is FC(F)c1cccc(CC2CCCNC2)c1. The summed E-state index contributed by atoms with van der Waals surface area (Å²) in [6.45, 7) is 2.10. The summed E-state index contributed by atoms with van der Waals surface area (Å²) in [6, 6.07) is 6.81. The maximum Gasteiger partial charge on any atom is 0.263 e. The molecule has 1 aromatic carbocycles. The Morgan fingerprint density at radius 2 is 2.25 bits per heavy atom. The van der Waals surface area contributed by atoms with Crippen LogP contribution in [0.4, 0.5) is 8.78 Å². The third kappa shape index (κ3) is 3.01. The molecule has 1 aliphatic rings. The number of benzene rings is 1. The fourth-order valence-corrected chi connectivity index (χ4v) is 2.29. The largest absolute Gasteiger partial charge is 0.316 e. The first-order valence-corrected chi connectivity index (χ1v) is 5.83. The number of piperidine rings is 1. The van der Waals surface area contributed by atoms with Gasteiger partial charge in [0.1, 0.15) is 0 Å². The minimum absolute atomic E-state index is 0.140. The van der Waals surface area contributed by atoms with E-state index in [-0.39, 0.29) is 5.56 Å². The quantitative estimate of drug-likeness (QED) is 0.833. The molecule has 0 amide bonds. The van der Waals surface area contributed by atoms with Gasteiger partial charge in [0.25, 0.3) is 6.43 Å². The summed E-state index contributed by atoms with van der Waals surface area (Å²) >= 11 is 0. The van der Waals surface area contributed by atoms with Crippen LogP contribution in [-0.2, 0) is 6.42 Å². The molecule has 16 heavy (non-hydrogen) atoms. The minimum Gasteiger partial charge on any atom is -0.316 e. The van der Waals surface area contributed by atoms with E-state index in [1.54, 1.807) is 12.1 Å². The molecule has 1 saturated heterocycles. The predicted molar refractivity (Wildman–Crippen MR) is 60.7 cm³/mol. The molecular weight excluding hydrogens is 208 g/mol. The molecule has 3 heteroatoms. The second-order valence-corrected chi connectivity index (χ2v) is 4.46. The second-order valence-electron chi connectivity index (χ2n) is 4.46. The monoisotopic (exact) mass is 225 g/mol. The molecule has 1 nitrogen and oxygen atoms in total. The van der Waals surface area contributed by atoms with Gasteiger partial charge >= 0.3 is 0 Å². The van der Waals surface area contributed by atoms with Crippen LogP contribution >= 0.6 is 0 Å². The molecule has 1 N–H and O–H groups in total. The van der Waals surface area contributed by atoms with Crippen LogP contribution in [0.25, 0.3) is 0 Å². The summed E-state index contributed by atoms with van der Waals surface area (Å²) in [7, 11) is 0. The highest BCUT2D eigenvalue weighted by molar-refractivity contribution is 5.24. The Morgan fingerprint density at radius 1 is 1.38 bits per heavy atom.